The number of pyridine rings is 1. The zero-order valence-corrected chi connectivity index (χ0v) is 18.5. The molecule has 0 saturated carbocycles. The number of nitrogens with zero attached hydrogens (tertiary/aromatic N) is 3. The number of fused-ring (bicyclic) bond motifs is 1. The molecule has 0 fully saturated rings. The van der Waals surface area contributed by atoms with Gasteiger partial charge in [0.05, 0.1) is 21.4 Å². The van der Waals surface area contributed by atoms with Crippen LogP contribution in [0.15, 0.2) is 52.1 Å². The van der Waals surface area contributed by atoms with Crippen molar-refractivity contribution in [1.29, 1.82) is 0 Å². The fourth-order valence-corrected chi connectivity index (χ4v) is 4.00. The summed E-state index contributed by atoms with van der Waals surface area (Å²) in [6.07, 6.45) is 9.04. The summed E-state index contributed by atoms with van der Waals surface area (Å²) in [5.74, 6) is 0.441. The van der Waals surface area contributed by atoms with Crippen LogP contribution in [-0.4, -0.2) is 45.2 Å². The topological polar surface area (TPSA) is 88.7 Å². The lowest BCUT2D eigenvalue weighted by Gasteiger charge is -2.22. The van der Waals surface area contributed by atoms with E-state index >= 15 is 0 Å². The summed E-state index contributed by atoms with van der Waals surface area (Å²) in [5, 5.41) is 0. The van der Waals surface area contributed by atoms with Gasteiger partial charge in [-0.3, -0.25) is 14.0 Å². The van der Waals surface area contributed by atoms with E-state index in [1.165, 1.54) is 0 Å². The molecule has 0 saturated heterocycles. The lowest BCUT2D eigenvalue weighted by Crippen LogP contribution is -2.34. The van der Waals surface area contributed by atoms with E-state index in [0.29, 0.717) is 28.4 Å². The minimum Gasteiger partial charge on any atom is -0.387 e. The SMILES string of the molecule is CCCN(CCC)C(=O)C1=Cc2ccc(-c3cncc(S(C)=O)c3)cc2N=C(N)C1. The maximum absolute atomic E-state index is 13.1. The summed E-state index contributed by atoms with van der Waals surface area (Å²) >= 11 is 0. The van der Waals surface area contributed by atoms with Gasteiger partial charge in [-0.1, -0.05) is 26.0 Å². The monoisotopic (exact) mass is 424 g/mol. The van der Waals surface area contributed by atoms with Gasteiger partial charge in [-0.2, -0.15) is 0 Å². The van der Waals surface area contributed by atoms with Crippen LogP contribution in [0.3, 0.4) is 0 Å². The van der Waals surface area contributed by atoms with Crippen molar-refractivity contribution >= 4 is 34.3 Å². The molecule has 0 aliphatic carbocycles. The van der Waals surface area contributed by atoms with Crippen LogP contribution in [0.2, 0.25) is 0 Å². The molecule has 0 spiro atoms. The van der Waals surface area contributed by atoms with Crippen LogP contribution in [0.4, 0.5) is 5.69 Å². The number of nitrogens with two attached hydrogens (primary N) is 1. The first-order valence-electron chi connectivity index (χ1n) is 10.2. The Balaban J connectivity index is 1.98. The second-order valence-corrected chi connectivity index (χ2v) is 8.76. The molecule has 1 amide bonds. The molecular formula is C23H28N4O2S. The number of carbonyl (C=O) groups excluding carboxylic acids is 1. The Kier molecular flexibility index (Phi) is 7.15. The molecule has 6 nitrogen and oxygen atoms in total. The van der Waals surface area contributed by atoms with E-state index in [1.54, 1.807) is 18.6 Å². The number of rotatable bonds is 7. The van der Waals surface area contributed by atoms with Crippen LogP contribution < -0.4 is 5.73 Å². The summed E-state index contributed by atoms with van der Waals surface area (Å²) in [4.78, 5) is 24.4. The maximum atomic E-state index is 13.1. The van der Waals surface area contributed by atoms with Crippen molar-refractivity contribution in [3.05, 3.63) is 47.8 Å². The quantitative estimate of drug-likeness (QED) is 0.730. The second kappa shape index (κ2) is 9.80. The highest BCUT2D eigenvalue weighted by molar-refractivity contribution is 7.84. The Morgan fingerprint density at radius 3 is 2.53 bits per heavy atom. The summed E-state index contributed by atoms with van der Waals surface area (Å²) in [6.45, 7) is 5.61. The zero-order valence-electron chi connectivity index (χ0n) is 17.7. The van der Waals surface area contributed by atoms with Crippen LogP contribution in [-0.2, 0) is 15.6 Å². The average molecular weight is 425 g/mol. The Labute approximate surface area is 180 Å². The van der Waals surface area contributed by atoms with Crippen molar-refractivity contribution in [3.63, 3.8) is 0 Å². The van der Waals surface area contributed by atoms with Gasteiger partial charge < -0.3 is 10.6 Å². The van der Waals surface area contributed by atoms with E-state index in [-0.39, 0.29) is 5.91 Å². The van der Waals surface area contributed by atoms with Gasteiger partial charge in [-0.25, -0.2) is 4.99 Å². The highest BCUT2D eigenvalue weighted by Crippen LogP contribution is 2.32. The van der Waals surface area contributed by atoms with Crippen molar-refractivity contribution in [2.24, 2.45) is 10.7 Å². The number of aromatic nitrogens is 1. The van der Waals surface area contributed by atoms with Crippen LogP contribution in [0.1, 0.15) is 38.7 Å². The highest BCUT2D eigenvalue weighted by atomic mass is 32.2. The van der Waals surface area contributed by atoms with E-state index in [0.717, 1.165) is 42.6 Å². The molecule has 2 heterocycles. The number of aliphatic imine (C=N–C) groups is 1. The summed E-state index contributed by atoms with van der Waals surface area (Å²) in [7, 11) is -1.10. The largest absolute Gasteiger partial charge is 0.387 e. The van der Waals surface area contributed by atoms with E-state index in [2.05, 4.69) is 23.8 Å². The summed E-state index contributed by atoms with van der Waals surface area (Å²) in [5.41, 5.74) is 10.2. The molecule has 0 radical (unpaired) electrons. The van der Waals surface area contributed by atoms with Crippen molar-refractivity contribution < 1.29 is 9.00 Å². The first kappa shape index (κ1) is 21.9. The number of carbonyl (C=O) groups is 1. The van der Waals surface area contributed by atoms with Crippen molar-refractivity contribution in [3.8, 4) is 11.1 Å². The average Bonchev–Trinajstić information content (AvgIpc) is 2.90. The van der Waals surface area contributed by atoms with Gasteiger partial charge >= 0.3 is 0 Å². The fourth-order valence-electron chi connectivity index (χ4n) is 3.50. The third-order valence-corrected chi connectivity index (χ3v) is 5.81. The summed E-state index contributed by atoms with van der Waals surface area (Å²) < 4.78 is 11.8. The third kappa shape index (κ3) is 5.02. The van der Waals surface area contributed by atoms with Crippen LogP contribution in [0.5, 0.6) is 0 Å². The molecule has 0 bridgehead atoms. The summed E-state index contributed by atoms with van der Waals surface area (Å²) in [6, 6.07) is 7.71. The number of hydrogen-bond donors (Lipinski definition) is 1. The molecule has 1 unspecified atom stereocenters. The normalized spacial score (nSPS) is 14.2. The van der Waals surface area contributed by atoms with Gasteiger partial charge in [0.25, 0.3) is 0 Å². The Bertz CT molecular complexity index is 1020. The number of hydrogen-bond acceptors (Lipinski definition) is 5. The molecule has 1 aromatic heterocycles. The third-order valence-electron chi connectivity index (χ3n) is 4.92. The molecule has 7 heteroatoms. The molecule has 3 rings (SSSR count). The van der Waals surface area contributed by atoms with Crippen molar-refractivity contribution in [1.82, 2.24) is 9.88 Å². The Morgan fingerprint density at radius 1 is 1.13 bits per heavy atom. The number of amides is 1. The van der Waals surface area contributed by atoms with Crippen molar-refractivity contribution in [2.45, 2.75) is 38.0 Å². The standard InChI is InChI=1S/C23H28N4O2S/c1-4-8-27(9-5-2)23(28)18-10-17-7-6-16(12-21(17)26-22(24)13-18)19-11-20(30(3)29)15-25-14-19/h6-7,10-12,14-15H,4-5,8-9,13H2,1-3H3,(H2,24,26). The first-order chi connectivity index (χ1) is 14.4. The van der Waals surface area contributed by atoms with Gasteiger partial charge in [0, 0.05) is 54.9 Å². The molecule has 1 aliphatic rings. The second-order valence-electron chi connectivity index (χ2n) is 7.38. The van der Waals surface area contributed by atoms with E-state index in [9.17, 15) is 9.00 Å². The van der Waals surface area contributed by atoms with Gasteiger partial charge in [-0.05, 0) is 36.6 Å². The van der Waals surface area contributed by atoms with Gasteiger partial charge in [-0.15, -0.1) is 0 Å². The molecule has 158 valence electrons. The number of amidine groups is 1. The lowest BCUT2D eigenvalue weighted by atomic mass is 10.0. The molecule has 2 N–H and O–H groups in total. The lowest BCUT2D eigenvalue weighted by molar-refractivity contribution is -0.127. The van der Waals surface area contributed by atoms with E-state index in [4.69, 9.17) is 5.73 Å². The molecule has 1 atom stereocenters. The smallest absolute Gasteiger partial charge is 0.250 e. The molecular weight excluding hydrogens is 396 g/mol. The van der Waals surface area contributed by atoms with Crippen LogP contribution in [0, 0.1) is 0 Å². The molecule has 30 heavy (non-hydrogen) atoms. The van der Waals surface area contributed by atoms with E-state index in [1.807, 2.05) is 35.2 Å². The predicted octanol–water partition coefficient (Wildman–Crippen LogP) is 3.91. The van der Waals surface area contributed by atoms with Crippen LogP contribution >= 0.6 is 0 Å². The zero-order chi connectivity index (χ0) is 21.7. The van der Waals surface area contributed by atoms with Gasteiger partial charge in [0.1, 0.15) is 5.84 Å². The molecule has 1 aromatic carbocycles. The van der Waals surface area contributed by atoms with E-state index < -0.39 is 10.8 Å². The maximum Gasteiger partial charge on any atom is 0.250 e. The van der Waals surface area contributed by atoms with Crippen LogP contribution in [0.25, 0.3) is 17.2 Å². The molecule has 2 aromatic rings. The highest BCUT2D eigenvalue weighted by Gasteiger charge is 2.21. The molecule has 1 aliphatic heterocycles. The minimum absolute atomic E-state index is 0.0242. The van der Waals surface area contributed by atoms with Crippen molar-refractivity contribution in [2.75, 3.05) is 19.3 Å². The predicted molar refractivity (Wildman–Crippen MR) is 123 cm³/mol. The van der Waals surface area contributed by atoms with Gasteiger partial charge in [0.2, 0.25) is 5.91 Å². The Hall–Kier alpha value is -2.80. The number of benzene rings is 1. The minimum atomic E-state index is -1.10. The Morgan fingerprint density at radius 2 is 1.87 bits per heavy atom. The first-order valence-corrected chi connectivity index (χ1v) is 11.7. The van der Waals surface area contributed by atoms with Gasteiger partial charge in [0.15, 0.2) is 0 Å². The fraction of sp³-hybridized carbons (Fsp3) is 0.348.